The summed E-state index contributed by atoms with van der Waals surface area (Å²) >= 11 is 0. The van der Waals surface area contributed by atoms with Gasteiger partial charge in [-0.1, -0.05) is 158 Å². The Hall–Kier alpha value is -6.64. The summed E-state index contributed by atoms with van der Waals surface area (Å²) in [7, 11) is 0. The Morgan fingerprint density at radius 1 is 0.260 bits per heavy atom. The summed E-state index contributed by atoms with van der Waals surface area (Å²) < 4.78 is 13.4. The van der Waals surface area contributed by atoms with Gasteiger partial charge in [0.1, 0.15) is 22.3 Å². The van der Waals surface area contributed by atoms with E-state index in [-0.39, 0.29) is 0 Å². The van der Waals surface area contributed by atoms with E-state index in [1.165, 1.54) is 27.6 Å². The van der Waals surface area contributed by atoms with Crippen molar-refractivity contribution in [1.29, 1.82) is 0 Å². The maximum atomic E-state index is 6.85. The number of benzene rings is 7. The van der Waals surface area contributed by atoms with Crippen LogP contribution in [0.3, 0.4) is 0 Å². The smallest absolute Gasteiger partial charge is 0.144 e. The van der Waals surface area contributed by atoms with Gasteiger partial charge in [0.25, 0.3) is 0 Å². The minimum Gasteiger partial charge on any atom is -0.455 e. The lowest BCUT2D eigenvalue weighted by Gasteiger charge is -2.10. The van der Waals surface area contributed by atoms with E-state index in [0.717, 1.165) is 71.2 Å². The standard InChI is InChI=1S/C48H30O2/c1-2-7-20-36(38-22-9-8-21-37(38)35(19-6-1)33-18-14-17-32(29-33)31-15-4-3-5-16-31)34-27-28-42-44(30-34)50-48-40-24-11-10-23-39(40)47-45(46(42)48)41-25-12-13-26-43(41)49-47/h1-30H. The largest absolute Gasteiger partial charge is 0.455 e. The van der Waals surface area contributed by atoms with Crippen molar-refractivity contribution in [2.24, 2.45) is 0 Å². The summed E-state index contributed by atoms with van der Waals surface area (Å²) in [4.78, 5) is 0. The van der Waals surface area contributed by atoms with Crippen molar-refractivity contribution in [2.75, 3.05) is 0 Å². The molecule has 0 atom stereocenters. The van der Waals surface area contributed by atoms with Gasteiger partial charge in [-0.05, 0) is 68.4 Å². The third-order valence-electron chi connectivity index (χ3n) is 9.91. The lowest BCUT2D eigenvalue weighted by molar-refractivity contribution is 0.668. The molecule has 0 aliphatic heterocycles. The van der Waals surface area contributed by atoms with E-state index in [4.69, 9.17) is 8.83 Å². The van der Waals surface area contributed by atoms with Crippen molar-refractivity contribution in [3.63, 3.8) is 0 Å². The molecule has 10 aromatic rings. The normalized spacial score (nSPS) is 11.6. The first-order chi connectivity index (χ1) is 24.8. The van der Waals surface area contributed by atoms with Gasteiger partial charge in [0.2, 0.25) is 0 Å². The molecule has 2 aromatic heterocycles. The lowest BCUT2D eigenvalue weighted by atomic mass is 9.93. The van der Waals surface area contributed by atoms with E-state index in [1.54, 1.807) is 0 Å². The summed E-state index contributed by atoms with van der Waals surface area (Å²) in [6, 6.07) is 64.3. The molecule has 0 radical (unpaired) electrons. The number of hydrogen-bond donors (Lipinski definition) is 0. The van der Waals surface area contributed by atoms with Crippen LogP contribution < -0.4 is 0 Å². The fraction of sp³-hybridized carbons (Fsp3) is 0. The molecule has 0 aliphatic carbocycles. The first-order valence-corrected chi connectivity index (χ1v) is 17.0. The molecule has 2 heterocycles. The molecule has 0 unspecified atom stereocenters. The Balaban J connectivity index is 1.24. The Bertz CT molecular complexity index is 2980. The second kappa shape index (κ2) is 11.5. The van der Waals surface area contributed by atoms with Gasteiger partial charge in [0, 0.05) is 32.3 Å². The Morgan fingerprint density at radius 3 is 1.40 bits per heavy atom. The molecular weight excluding hydrogens is 609 g/mol. The van der Waals surface area contributed by atoms with Crippen molar-refractivity contribution in [1.82, 2.24) is 0 Å². The van der Waals surface area contributed by atoms with Crippen LogP contribution in [-0.4, -0.2) is 0 Å². The summed E-state index contributed by atoms with van der Waals surface area (Å²) in [6.45, 7) is 0. The van der Waals surface area contributed by atoms with Gasteiger partial charge in [0.15, 0.2) is 0 Å². The average Bonchev–Trinajstić information content (AvgIpc) is 3.76. The third-order valence-corrected chi connectivity index (χ3v) is 9.91. The Morgan fingerprint density at radius 2 is 0.720 bits per heavy atom. The SMILES string of the molecule is c1ccc(-c2cccc(-c3ccccccc(-c4ccc5c(c4)oc4c6ccccc6c6oc7ccccc7c6c54)c4ccccc34)c2)cc1. The van der Waals surface area contributed by atoms with Gasteiger partial charge in [-0.15, -0.1) is 0 Å². The maximum Gasteiger partial charge on any atom is 0.144 e. The first-order valence-electron chi connectivity index (χ1n) is 17.0. The molecule has 0 spiro atoms. The molecule has 8 aromatic carbocycles. The van der Waals surface area contributed by atoms with Gasteiger partial charge >= 0.3 is 0 Å². The number of furan rings is 2. The van der Waals surface area contributed by atoms with Crippen LogP contribution in [0.4, 0.5) is 0 Å². The molecule has 50 heavy (non-hydrogen) atoms. The predicted octanol–water partition coefficient (Wildman–Crippen LogP) is 13.9. The Kier molecular flexibility index (Phi) is 6.53. The summed E-state index contributed by atoms with van der Waals surface area (Å²) in [5, 5.41) is 8.82. The van der Waals surface area contributed by atoms with Crippen LogP contribution in [0.2, 0.25) is 0 Å². The maximum absolute atomic E-state index is 6.85. The summed E-state index contributed by atoms with van der Waals surface area (Å²) in [5.74, 6) is 0. The molecule has 0 fully saturated rings. The molecule has 0 aliphatic rings. The second-order valence-corrected chi connectivity index (χ2v) is 12.8. The molecular formula is C48H30O2. The number of para-hydroxylation sites is 1. The fourth-order valence-corrected chi connectivity index (χ4v) is 7.63. The zero-order valence-electron chi connectivity index (χ0n) is 27.1. The third kappa shape index (κ3) is 4.50. The highest BCUT2D eigenvalue weighted by Crippen LogP contribution is 2.46. The predicted molar refractivity (Wildman–Crippen MR) is 210 cm³/mol. The monoisotopic (exact) mass is 638 g/mol. The second-order valence-electron chi connectivity index (χ2n) is 12.8. The summed E-state index contributed by atoms with van der Waals surface area (Å²) in [5.41, 5.74) is 10.5. The molecule has 0 N–H and O–H groups in total. The fourth-order valence-electron chi connectivity index (χ4n) is 7.63. The van der Waals surface area contributed by atoms with Crippen LogP contribution in [0.15, 0.2) is 191 Å². The zero-order chi connectivity index (χ0) is 33.0. The quantitative estimate of drug-likeness (QED) is 0.192. The van der Waals surface area contributed by atoms with Crippen LogP contribution in [0.25, 0.3) is 98.8 Å². The van der Waals surface area contributed by atoms with Gasteiger partial charge in [-0.2, -0.15) is 0 Å². The van der Waals surface area contributed by atoms with Crippen LogP contribution in [-0.2, 0) is 0 Å². The summed E-state index contributed by atoms with van der Waals surface area (Å²) in [6.07, 6.45) is 0. The van der Waals surface area contributed by atoms with Gasteiger partial charge < -0.3 is 8.83 Å². The van der Waals surface area contributed by atoms with Crippen molar-refractivity contribution < 1.29 is 8.83 Å². The number of fused-ring (bicyclic) bond motifs is 11. The Labute approximate surface area is 288 Å². The minimum absolute atomic E-state index is 0.853. The molecule has 0 bridgehead atoms. The van der Waals surface area contributed by atoms with Gasteiger partial charge in [-0.3, -0.25) is 0 Å². The molecule has 0 amide bonds. The van der Waals surface area contributed by atoms with E-state index >= 15 is 0 Å². The number of rotatable bonds is 3. The van der Waals surface area contributed by atoms with Crippen LogP contribution in [0, 0.1) is 0 Å². The molecule has 0 saturated carbocycles. The van der Waals surface area contributed by atoms with Crippen molar-refractivity contribution in [2.45, 2.75) is 0 Å². The molecule has 0 saturated heterocycles. The van der Waals surface area contributed by atoms with E-state index in [0.29, 0.717) is 0 Å². The minimum atomic E-state index is 0.853. The topological polar surface area (TPSA) is 26.3 Å². The van der Waals surface area contributed by atoms with Crippen LogP contribution in [0.5, 0.6) is 0 Å². The van der Waals surface area contributed by atoms with E-state index in [1.807, 2.05) is 12.1 Å². The molecule has 2 heteroatoms. The van der Waals surface area contributed by atoms with Gasteiger partial charge in [0.05, 0.1) is 0 Å². The van der Waals surface area contributed by atoms with Crippen molar-refractivity contribution in [3.8, 4) is 33.4 Å². The molecule has 10 rings (SSSR count). The molecule has 234 valence electrons. The highest BCUT2D eigenvalue weighted by atomic mass is 16.3. The highest BCUT2D eigenvalue weighted by Gasteiger charge is 2.21. The van der Waals surface area contributed by atoms with E-state index < -0.39 is 0 Å². The van der Waals surface area contributed by atoms with Crippen molar-refractivity contribution in [3.05, 3.63) is 182 Å². The number of hydrogen-bond acceptors (Lipinski definition) is 2. The lowest BCUT2D eigenvalue weighted by Crippen LogP contribution is -1.84. The van der Waals surface area contributed by atoms with E-state index in [9.17, 15) is 0 Å². The first kappa shape index (κ1) is 28.4. The van der Waals surface area contributed by atoms with Gasteiger partial charge in [-0.25, -0.2) is 0 Å². The van der Waals surface area contributed by atoms with Crippen LogP contribution >= 0.6 is 0 Å². The molecule has 2 nitrogen and oxygen atoms in total. The van der Waals surface area contributed by atoms with Crippen molar-refractivity contribution >= 4 is 65.4 Å². The van der Waals surface area contributed by atoms with E-state index in [2.05, 4.69) is 170 Å². The zero-order valence-corrected chi connectivity index (χ0v) is 27.1. The highest BCUT2D eigenvalue weighted by molar-refractivity contribution is 6.34. The van der Waals surface area contributed by atoms with Crippen LogP contribution in [0.1, 0.15) is 0 Å². The average molecular weight is 639 g/mol.